The first-order valence-corrected chi connectivity index (χ1v) is 10.2. The summed E-state index contributed by atoms with van der Waals surface area (Å²) in [6.45, 7) is 0.338. The molecule has 0 aromatic heterocycles. The molecule has 1 aromatic carbocycles. The number of benzene rings is 1. The molecule has 1 N–H and O–H groups in total. The maximum Gasteiger partial charge on any atom is 0.266 e. The highest BCUT2D eigenvalue weighted by molar-refractivity contribution is 8.27. The second kappa shape index (κ2) is 6.44. The molecule has 23 heavy (non-hydrogen) atoms. The van der Waals surface area contributed by atoms with E-state index in [1.54, 1.807) is 0 Å². The number of rotatable bonds is 4. The van der Waals surface area contributed by atoms with Gasteiger partial charge in [0.2, 0.25) is 0 Å². The highest BCUT2D eigenvalue weighted by Crippen LogP contribution is 2.49. The molecule has 1 saturated heterocycles. The number of thiocarbonyl (C=S) groups is 1. The summed E-state index contributed by atoms with van der Waals surface area (Å²) in [5.41, 5.74) is 0.898. The fourth-order valence-corrected chi connectivity index (χ4v) is 5.15. The van der Waals surface area contributed by atoms with Gasteiger partial charge in [-0.25, -0.2) is 8.42 Å². The molecule has 1 aromatic rings. The molecule has 3 rings (SSSR count). The van der Waals surface area contributed by atoms with Crippen LogP contribution in [0.2, 0.25) is 0 Å². The van der Waals surface area contributed by atoms with Crippen molar-refractivity contribution in [2.45, 2.75) is 11.3 Å². The molecule has 122 valence electrons. The summed E-state index contributed by atoms with van der Waals surface area (Å²) in [5.74, 6) is -0.687. The molecule has 2 aliphatic rings. The van der Waals surface area contributed by atoms with E-state index in [1.165, 1.54) is 23.5 Å². The molecule has 1 fully saturated rings. The van der Waals surface area contributed by atoms with Gasteiger partial charge in [0, 0.05) is 17.2 Å². The Kier molecular flexibility index (Phi) is 4.70. The van der Waals surface area contributed by atoms with Crippen molar-refractivity contribution in [2.24, 2.45) is 0 Å². The van der Waals surface area contributed by atoms with Gasteiger partial charge in [0.25, 0.3) is 5.91 Å². The number of fused-ring (bicyclic) bond motifs is 1. The van der Waals surface area contributed by atoms with Gasteiger partial charge >= 0.3 is 0 Å². The quantitative estimate of drug-likeness (QED) is 0.476. The molecule has 0 spiro atoms. The topological polar surface area (TPSA) is 89.5 Å². The lowest BCUT2D eigenvalue weighted by Crippen LogP contribution is -2.24. The van der Waals surface area contributed by atoms with Crippen LogP contribution in [0.15, 0.2) is 39.1 Å². The predicted octanol–water partition coefficient (Wildman–Crippen LogP) is 1.85. The SMILES string of the molecule is O=C1NC(=S)SC1=C1Sc2ccccc2N1CCCS(=O)(=O)[O-]. The average Bonchev–Trinajstić information content (AvgIpc) is 2.98. The zero-order valence-electron chi connectivity index (χ0n) is 11.6. The predicted molar refractivity (Wildman–Crippen MR) is 94.2 cm³/mol. The van der Waals surface area contributed by atoms with Crippen LogP contribution in [-0.2, 0) is 14.9 Å². The van der Waals surface area contributed by atoms with Crippen LogP contribution < -0.4 is 10.2 Å². The van der Waals surface area contributed by atoms with E-state index in [-0.39, 0.29) is 12.3 Å². The minimum Gasteiger partial charge on any atom is -0.748 e. The van der Waals surface area contributed by atoms with Crippen molar-refractivity contribution in [2.75, 3.05) is 17.2 Å². The Morgan fingerprint density at radius 1 is 1.26 bits per heavy atom. The third kappa shape index (κ3) is 3.72. The van der Waals surface area contributed by atoms with Gasteiger partial charge in [-0.15, -0.1) is 0 Å². The molecule has 2 aliphatic heterocycles. The monoisotopic (exact) mass is 387 g/mol. The summed E-state index contributed by atoms with van der Waals surface area (Å²) in [7, 11) is -4.25. The first-order valence-electron chi connectivity index (χ1n) is 6.60. The highest BCUT2D eigenvalue weighted by Gasteiger charge is 2.34. The first kappa shape index (κ1) is 16.8. The second-order valence-electron chi connectivity index (χ2n) is 4.81. The Labute approximate surface area is 147 Å². The van der Waals surface area contributed by atoms with Crippen LogP contribution in [0.5, 0.6) is 0 Å². The molecule has 0 atom stereocenters. The molecule has 1 amide bonds. The number of thioether (sulfide) groups is 2. The number of hydrogen-bond acceptors (Lipinski definition) is 8. The normalized spacial score (nSPS) is 20.8. The fourth-order valence-electron chi connectivity index (χ4n) is 2.28. The number of anilines is 1. The molecule has 0 saturated carbocycles. The summed E-state index contributed by atoms with van der Waals surface area (Å²) >= 11 is 7.65. The lowest BCUT2D eigenvalue weighted by Gasteiger charge is -2.21. The lowest BCUT2D eigenvalue weighted by atomic mass is 10.3. The zero-order chi connectivity index (χ0) is 16.6. The van der Waals surface area contributed by atoms with Gasteiger partial charge in [-0.3, -0.25) is 4.79 Å². The van der Waals surface area contributed by atoms with Crippen molar-refractivity contribution in [1.29, 1.82) is 0 Å². The summed E-state index contributed by atoms with van der Waals surface area (Å²) in [5, 5.41) is 3.30. The minimum absolute atomic E-state index is 0.189. The molecule has 10 heteroatoms. The zero-order valence-corrected chi connectivity index (χ0v) is 14.9. The van der Waals surface area contributed by atoms with Gasteiger partial charge in [-0.05, 0) is 18.6 Å². The van der Waals surface area contributed by atoms with E-state index in [2.05, 4.69) is 5.32 Å². The van der Waals surface area contributed by atoms with Crippen LogP contribution in [0, 0.1) is 0 Å². The van der Waals surface area contributed by atoms with Crippen LogP contribution >= 0.6 is 35.7 Å². The molecule has 0 bridgehead atoms. The minimum atomic E-state index is -4.25. The van der Waals surface area contributed by atoms with Gasteiger partial charge < -0.3 is 14.8 Å². The maximum atomic E-state index is 12.0. The number of carbonyl (C=O) groups excluding carboxylic acids is 1. The molecule has 6 nitrogen and oxygen atoms in total. The summed E-state index contributed by atoms with van der Waals surface area (Å²) in [6, 6.07) is 7.60. The number of nitrogens with zero attached hydrogens (tertiary/aromatic N) is 1. The first-order chi connectivity index (χ1) is 10.8. The summed E-state index contributed by atoms with van der Waals surface area (Å²) in [6.07, 6.45) is 0.189. The Bertz CT molecular complexity index is 819. The van der Waals surface area contributed by atoms with E-state index in [4.69, 9.17) is 12.2 Å². The van der Waals surface area contributed by atoms with Crippen molar-refractivity contribution >= 4 is 61.8 Å². The largest absolute Gasteiger partial charge is 0.748 e. The van der Waals surface area contributed by atoms with Crippen LogP contribution in [0.4, 0.5) is 5.69 Å². The number of hydrogen-bond donors (Lipinski definition) is 1. The van der Waals surface area contributed by atoms with Crippen molar-refractivity contribution in [3.05, 3.63) is 34.2 Å². The van der Waals surface area contributed by atoms with Crippen LogP contribution in [0.1, 0.15) is 6.42 Å². The second-order valence-corrected chi connectivity index (χ2v) is 9.06. The molecular formula is C13H11N2O4S4-. The van der Waals surface area contributed by atoms with Crippen LogP contribution in [0.25, 0.3) is 0 Å². The third-order valence-electron chi connectivity index (χ3n) is 3.19. The summed E-state index contributed by atoms with van der Waals surface area (Å²) < 4.78 is 32.8. The highest BCUT2D eigenvalue weighted by atomic mass is 32.2. The van der Waals surface area contributed by atoms with Gasteiger partial charge in [0.05, 0.1) is 15.8 Å². The molecular weight excluding hydrogens is 376 g/mol. The van der Waals surface area contributed by atoms with Crippen molar-refractivity contribution in [3.63, 3.8) is 0 Å². The summed E-state index contributed by atoms with van der Waals surface area (Å²) in [4.78, 5) is 15.4. The van der Waals surface area contributed by atoms with Gasteiger partial charge in [-0.2, -0.15) is 0 Å². The van der Waals surface area contributed by atoms with Gasteiger partial charge in [-0.1, -0.05) is 47.9 Å². The average molecular weight is 388 g/mol. The molecule has 2 heterocycles. The van der Waals surface area contributed by atoms with Crippen LogP contribution in [0.3, 0.4) is 0 Å². The Morgan fingerprint density at radius 2 is 2.00 bits per heavy atom. The number of para-hydroxylation sites is 1. The van der Waals surface area contributed by atoms with Crippen molar-refractivity contribution in [3.8, 4) is 0 Å². The van der Waals surface area contributed by atoms with E-state index < -0.39 is 15.9 Å². The van der Waals surface area contributed by atoms with E-state index in [1.807, 2.05) is 29.2 Å². The van der Waals surface area contributed by atoms with Crippen molar-refractivity contribution < 1.29 is 17.8 Å². The van der Waals surface area contributed by atoms with E-state index in [0.717, 1.165) is 15.6 Å². The Hall–Kier alpha value is -1.07. The molecule has 0 radical (unpaired) electrons. The third-order valence-corrected chi connectivity index (χ3v) is 6.52. The number of carbonyl (C=O) groups is 1. The Morgan fingerprint density at radius 3 is 2.65 bits per heavy atom. The molecule has 0 unspecified atom stereocenters. The maximum absolute atomic E-state index is 12.0. The van der Waals surface area contributed by atoms with Gasteiger partial charge in [0.1, 0.15) is 14.3 Å². The van der Waals surface area contributed by atoms with Crippen LogP contribution in [-0.4, -0.2) is 35.5 Å². The van der Waals surface area contributed by atoms with E-state index in [0.29, 0.717) is 15.8 Å². The molecule has 0 aliphatic carbocycles. The fraction of sp³-hybridized carbons (Fsp3) is 0.231. The van der Waals surface area contributed by atoms with Gasteiger partial charge in [0.15, 0.2) is 0 Å². The standard InChI is InChI=1S/C13H12N2O4S4/c16-11-10(22-13(20)14-11)12-15(6-3-7-23(17,18)19)8-4-1-2-5-9(8)21-12/h1-2,4-5H,3,6-7H2,(H,14,16,20)(H,17,18,19)/p-1. The van der Waals surface area contributed by atoms with Crippen molar-refractivity contribution in [1.82, 2.24) is 5.32 Å². The smallest absolute Gasteiger partial charge is 0.266 e. The number of amides is 1. The Balaban J connectivity index is 1.92. The lowest BCUT2D eigenvalue weighted by molar-refractivity contribution is -0.115. The number of nitrogens with one attached hydrogen (secondary N) is 1. The van der Waals surface area contributed by atoms with E-state index in [9.17, 15) is 17.8 Å². The van der Waals surface area contributed by atoms with E-state index >= 15 is 0 Å².